The maximum atomic E-state index is 11.7. The van der Waals surface area contributed by atoms with Crippen LogP contribution in [0.15, 0.2) is 30.4 Å². The third-order valence-electron chi connectivity index (χ3n) is 3.00. The van der Waals surface area contributed by atoms with Gasteiger partial charge in [0.1, 0.15) is 0 Å². The standard InChI is InChI=1S/C14H15NO2/c1-3-10-6-5-7-11(4-2)14(10)15-12(16)8-9-13(15)17/h5-9H,3-4H2,1-2H3. The van der Waals surface area contributed by atoms with Crippen molar-refractivity contribution in [3.05, 3.63) is 41.5 Å². The number of carbonyl (C=O) groups excluding carboxylic acids is 2. The lowest BCUT2D eigenvalue weighted by atomic mass is 10.0. The SMILES string of the molecule is CCc1cccc(CC)c1N1C(=O)C=CC1=O. The molecular weight excluding hydrogens is 214 g/mol. The van der Waals surface area contributed by atoms with E-state index in [1.807, 2.05) is 32.0 Å². The number of hydrogen-bond acceptors (Lipinski definition) is 2. The van der Waals surface area contributed by atoms with E-state index in [9.17, 15) is 9.59 Å². The number of carbonyl (C=O) groups is 2. The molecule has 1 aromatic carbocycles. The second-order valence-corrected chi connectivity index (χ2v) is 3.98. The summed E-state index contributed by atoms with van der Waals surface area (Å²) in [6, 6.07) is 5.90. The van der Waals surface area contributed by atoms with Crippen molar-refractivity contribution in [3.63, 3.8) is 0 Å². The highest BCUT2D eigenvalue weighted by Crippen LogP contribution is 2.29. The molecule has 0 N–H and O–H groups in total. The molecule has 2 rings (SSSR count). The van der Waals surface area contributed by atoms with Crippen LogP contribution in [-0.4, -0.2) is 11.8 Å². The summed E-state index contributed by atoms with van der Waals surface area (Å²) in [7, 11) is 0. The van der Waals surface area contributed by atoms with Gasteiger partial charge in [0, 0.05) is 12.2 Å². The van der Waals surface area contributed by atoms with Crippen LogP contribution >= 0.6 is 0 Å². The molecule has 0 saturated heterocycles. The molecule has 0 bridgehead atoms. The average Bonchev–Trinajstić information content (AvgIpc) is 2.68. The number of imide groups is 1. The van der Waals surface area contributed by atoms with Crippen molar-refractivity contribution < 1.29 is 9.59 Å². The molecule has 0 saturated carbocycles. The Morgan fingerprint density at radius 2 is 1.41 bits per heavy atom. The van der Waals surface area contributed by atoms with Crippen molar-refractivity contribution in [1.29, 1.82) is 0 Å². The van der Waals surface area contributed by atoms with Gasteiger partial charge in [-0.3, -0.25) is 9.59 Å². The van der Waals surface area contributed by atoms with E-state index >= 15 is 0 Å². The number of para-hydroxylation sites is 1. The van der Waals surface area contributed by atoms with Gasteiger partial charge in [-0.2, -0.15) is 0 Å². The second kappa shape index (κ2) is 4.53. The average molecular weight is 229 g/mol. The molecule has 3 heteroatoms. The fourth-order valence-corrected chi connectivity index (χ4v) is 2.12. The minimum absolute atomic E-state index is 0.245. The molecule has 0 radical (unpaired) electrons. The van der Waals surface area contributed by atoms with Gasteiger partial charge in [-0.25, -0.2) is 4.90 Å². The summed E-state index contributed by atoms with van der Waals surface area (Å²) < 4.78 is 0. The fourth-order valence-electron chi connectivity index (χ4n) is 2.12. The molecule has 1 heterocycles. The van der Waals surface area contributed by atoms with Crippen molar-refractivity contribution in [1.82, 2.24) is 0 Å². The lowest BCUT2D eigenvalue weighted by Gasteiger charge is -2.21. The highest BCUT2D eigenvalue weighted by molar-refractivity contribution is 6.28. The third-order valence-corrected chi connectivity index (χ3v) is 3.00. The number of benzene rings is 1. The number of rotatable bonds is 3. The van der Waals surface area contributed by atoms with Gasteiger partial charge in [-0.15, -0.1) is 0 Å². The predicted molar refractivity (Wildman–Crippen MR) is 66.8 cm³/mol. The van der Waals surface area contributed by atoms with Gasteiger partial charge >= 0.3 is 0 Å². The Bertz CT molecular complexity index is 463. The third kappa shape index (κ3) is 1.88. The van der Waals surface area contributed by atoms with Crippen LogP contribution < -0.4 is 4.90 Å². The first-order valence-electron chi connectivity index (χ1n) is 5.86. The molecule has 0 aliphatic carbocycles. The molecule has 0 unspecified atom stereocenters. The minimum atomic E-state index is -0.245. The zero-order valence-electron chi connectivity index (χ0n) is 10.1. The molecule has 88 valence electrons. The van der Waals surface area contributed by atoms with Crippen LogP contribution in [0.25, 0.3) is 0 Å². The Balaban J connectivity index is 2.57. The fraction of sp³-hybridized carbons (Fsp3) is 0.286. The highest BCUT2D eigenvalue weighted by Gasteiger charge is 2.28. The topological polar surface area (TPSA) is 37.4 Å². The number of anilines is 1. The zero-order valence-corrected chi connectivity index (χ0v) is 10.1. The van der Waals surface area contributed by atoms with E-state index in [4.69, 9.17) is 0 Å². The Morgan fingerprint density at radius 3 is 1.82 bits per heavy atom. The maximum absolute atomic E-state index is 11.7. The van der Waals surface area contributed by atoms with Crippen molar-refractivity contribution in [2.24, 2.45) is 0 Å². The first-order valence-corrected chi connectivity index (χ1v) is 5.86. The molecular formula is C14H15NO2. The summed E-state index contributed by atoms with van der Waals surface area (Å²) in [6.07, 6.45) is 4.27. The van der Waals surface area contributed by atoms with E-state index in [1.54, 1.807) is 0 Å². The van der Waals surface area contributed by atoms with Crippen molar-refractivity contribution >= 4 is 17.5 Å². The van der Waals surface area contributed by atoms with E-state index < -0.39 is 0 Å². The van der Waals surface area contributed by atoms with Crippen LogP contribution in [0.5, 0.6) is 0 Å². The minimum Gasteiger partial charge on any atom is -0.269 e. The molecule has 0 aromatic heterocycles. The van der Waals surface area contributed by atoms with E-state index in [0.717, 1.165) is 29.7 Å². The number of aryl methyl sites for hydroxylation is 2. The molecule has 0 spiro atoms. The first kappa shape index (κ1) is 11.6. The van der Waals surface area contributed by atoms with Gasteiger partial charge in [0.15, 0.2) is 0 Å². The van der Waals surface area contributed by atoms with Crippen molar-refractivity contribution in [2.45, 2.75) is 26.7 Å². The van der Waals surface area contributed by atoms with Crippen LogP contribution in [0.3, 0.4) is 0 Å². The Hall–Kier alpha value is -1.90. The molecule has 1 aliphatic heterocycles. The summed E-state index contributed by atoms with van der Waals surface area (Å²) in [5, 5.41) is 0. The molecule has 0 fully saturated rings. The maximum Gasteiger partial charge on any atom is 0.258 e. The summed E-state index contributed by atoms with van der Waals surface area (Å²) in [6.45, 7) is 4.05. The van der Waals surface area contributed by atoms with Crippen LogP contribution in [-0.2, 0) is 22.4 Å². The molecule has 2 amide bonds. The van der Waals surface area contributed by atoms with Gasteiger partial charge < -0.3 is 0 Å². The number of nitrogens with zero attached hydrogens (tertiary/aromatic N) is 1. The Morgan fingerprint density at radius 1 is 0.941 bits per heavy atom. The predicted octanol–water partition coefficient (Wildman–Crippen LogP) is 2.24. The summed E-state index contributed by atoms with van der Waals surface area (Å²) in [4.78, 5) is 24.8. The summed E-state index contributed by atoms with van der Waals surface area (Å²) >= 11 is 0. The highest BCUT2D eigenvalue weighted by atomic mass is 16.2. The lowest BCUT2D eigenvalue weighted by molar-refractivity contribution is -0.120. The van der Waals surface area contributed by atoms with E-state index in [0.29, 0.717) is 0 Å². The molecule has 0 atom stereocenters. The van der Waals surface area contributed by atoms with Crippen LogP contribution in [0.4, 0.5) is 5.69 Å². The number of hydrogen-bond donors (Lipinski definition) is 0. The van der Waals surface area contributed by atoms with E-state index in [2.05, 4.69) is 0 Å². The Kier molecular flexibility index (Phi) is 3.09. The van der Waals surface area contributed by atoms with Crippen LogP contribution in [0.2, 0.25) is 0 Å². The van der Waals surface area contributed by atoms with E-state index in [-0.39, 0.29) is 11.8 Å². The van der Waals surface area contributed by atoms with Gasteiger partial charge in [0.05, 0.1) is 5.69 Å². The monoisotopic (exact) mass is 229 g/mol. The summed E-state index contributed by atoms with van der Waals surface area (Å²) in [5.41, 5.74) is 2.85. The van der Waals surface area contributed by atoms with Crippen LogP contribution in [0.1, 0.15) is 25.0 Å². The summed E-state index contributed by atoms with van der Waals surface area (Å²) in [5.74, 6) is -0.490. The molecule has 1 aliphatic rings. The van der Waals surface area contributed by atoms with E-state index in [1.165, 1.54) is 17.1 Å². The molecule has 17 heavy (non-hydrogen) atoms. The normalized spacial score (nSPS) is 14.8. The zero-order chi connectivity index (χ0) is 12.4. The van der Waals surface area contributed by atoms with Crippen molar-refractivity contribution in [3.8, 4) is 0 Å². The van der Waals surface area contributed by atoms with Gasteiger partial charge in [-0.05, 0) is 24.0 Å². The lowest BCUT2D eigenvalue weighted by Crippen LogP contribution is -2.31. The van der Waals surface area contributed by atoms with Crippen molar-refractivity contribution in [2.75, 3.05) is 4.90 Å². The van der Waals surface area contributed by atoms with Gasteiger partial charge in [-0.1, -0.05) is 32.0 Å². The Labute approximate surface area is 101 Å². The second-order valence-electron chi connectivity index (χ2n) is 3.98. The van der Waals surface area contributed by atoms with Gasteiger partial charge in [0.2, 0.25) is 0 Å². The molecule has 1 aromatic rings. The van der Waals surface area contributed by atoms with Gasteiger partial charge in [0.25, 0.3) is 11.8 Å². The number of amides is 2. The quantitative estimate of drug-likeness (QED) is 0.745. The van der Waals surface area contributed by atoms with Crippen LogP contribution in [0, 0.1) is 0 Å². The largest absolute Gasteiger partial charge is 0.269 e. The first-order chi connectivity index (χ1) is 8.19. The molecule has 3 nitrogen and oxygen atoms in total. The smallest absolute Gasteiger partial charge is 0.258 e.